The normalized spacial score (nSPS) is 18.1. The van der Waals surface area contributed by atoms with Crippen molar-refractivity contribution < 1.29 is 0 Å². The zero-order valence-corrected chi connectivity index (χ0v) is 14.3. The summed E-state index contributed by atoms with van der Waals surface area (Å²) < 4.78 is 3.36. The smallest absolute Gasteiger partial charge is 0.0994 e. The second-order valence-corrected chi connectivity index (χ2v) is 7.15. The molecule has 0 radical (unpaired) electrons. The van der Waals surface area contributed by atoms with E-state index in [0.29, 0.717) is 0 Å². The summed E-state index contributed by atoms with van der Waals surface area (Å²) in [5.41, 5.74) is 2.63. The van der Waals surface area contributed by atoms with Crippen molar-refractivity contribution >= 4 is 34.2 Å². The van der Waals surface area contributed by atoms with Crippen LogP contribution in [0, 0.1) is 3.57 Å². The van der Waals surface area contributed by atoms with Crippen molar-refractivity contribution in [1.82, 2.24) is 14.9 Å². The summed E-state index contributed by atoms with van der Waals surface area (Å²) in [6.07, 6.45) is 6.20. The van der Waals surface area contributed by atoms with Gasteiger partial charge in [-0.3, -0.25) is 0 Å². The molecule has 1 saturated heterocycles. The number of hydrogen-bond acceptors (Lipinski definition) is 2. The Morgan fingerprint density at radius 1 is 1.35 bits per heavy atom. The predicted octanol–water partition coefficient (Wildman–Crippen LogP) is 3.77. The predicted molar refractivity (Wildman–Crippen MR) is 90.7 cm³/mol. The highest BCUT2D eigenvalue weighted by atomic mass is 127. The molecule has 5 heteroatoms. The van der Waals surface area contributed by atoms with Crippen LogP contribution in [0.2, 0.25) is 5.02 Å². The van der Waals surface area contributed by atoms with Crippen molar-refractivity contribution in [2.45, 2.75) is 25.2 Å². The average Bonchev–Trinajstić information content (AvgIpc) is 2.89. The van der Waals surface area contributed by atoms with E-state index in [9.17, 15) is 0 Å². The molecule has 1 N–H and O–H groups in total. The highest BCUT2D eigenvalue weighted by Gasteiger charge is 2.32. The number of nitrogens with one attached hydrogen (secondary N) is 1. The number of piperidine rings is 1. The molecule has 0 spiro atoms. The van der Waals surface area contributed by atoms with E-state index in [0.717, 1.165) is 40.2 Å². The van der Waals surface area contributed by atoms with Crippen LogP contribution >= 0.6 is 34.2 Å². The Labute approximate surface area is 137 Å². The zero-order valence-electron chi connectivity index (χ0n) is 11.4. The van der Waals surface area contributed by atoms with E-state index < -0.39 is 0 Å². The van der Waals surface area contributed by atoms with Gasteiger partial charge < -0.3 is 9.88 Å². The number of benzene rings is 1. The molecule has 0 aliphatic carbocycles. The highest BCUT2D eigenvalue weighted by Crippen LogP contribution is 2.35. The lowest BCUT2D eigenvalue weighted by atomic mass is 9.78. The van der Waals surface area contributed by atoms with Crippen molar-refractivity contribution in [1.29, 1.82) is 0 Å². The van der Waals surface area contributed by atoms with Gasteiger partial charge in [0.15, 0.2) is 0 Å². The first kappa shape index (κ1) is 14.4. The molecule has 3 rings (SSSR count). The molecule has 0 saturated carbocycles. The maximum Gasteiger partial charge on any atom is 0.0994 e. The Bertz CT molecular complexity index is 617. The van der Waals surface area contributed by atoms with Crippen LogP contribution in [0.4, 0.5) is 0 Å². The first-order chi connectivity index (χ1) is 9.60. The number of aromatic nitrogens is 2. The highest BCUT2D eigenvalue weighted by molar-refractivity contribution is 14.1. The van der Waals surface area contributed by atoms with Crippen LogP contribution in [-0.2, 0) is 5.41 Å². The molecule has 1 aliphatic heterocycles. The van der Waals surface area contributed by atoms with Crippen molar-refractivity contribution in [2.75, 3.05) is 13.1 Å². The molecular weight excluding hydrogens is 385 g/mol. The van der Waals surface area contributed by atoms with Gasteiger partial charge in [-0.2, -0.15) is 0 Å². The van der Waals surface area contributed by atoms with E-state index in [1.165, 1.54) is 5.69 Å². The lowest BCUT2D eigenvalue weighted by Gasteiger charge is -2.34. The largest absolute Gasteiger partial charge is 0.317 e. The molecule has 1 fully saturated rings. The Kier molecular flexibility index (Phi) is 4.06. The summed E-state index contributed by atoms with van der Waals surface area (Å²) in [7, 11) is 0. The summed E-state index contributed by atoms with van der Waals surface area (Å²) in [5, 5.41) is 4.20. The van der Waals surface area contributed by atoms with E-state index in [4.69, 9.17) is 11.6 Å². The summed E-state index contributed by atoms with van der Waals surface area (Å²) in [4.78, 5) is 4.39. The van der Waals surface area contributed by atoms with Gasteiger partial charge in [-0.1, -0.05) is 18.5 Å². The van der Waals surface area contributed by atoms with Crippen LogP contribution in [0.15, 0.2) is 30.7 Å². The molecule has 0 atom stereocenters. The number of hydrogen-bond donors (Lipinski definition) is 1. The molecule has 0 unspecified atom stereocenters. The second kappa shape index (κ2) is 5.66. The number of imidazole rings is 1. The van der Waals surface area contributed by atoms with Crippen LogP contribution < -0.4 is 5.32 Å². The van der Waals surface area contributed by atoms with Gasteiger partial charge in [0.25, 0.3) is 0 Å². The Morgan fingerprint density at radius 3 is 2.80 bits per heavy atom. The molecule has 1 aromatic carbocycles. The van der Waals surface area contributed by atoms with Crippen molar-refractivity contribution in [3.63, 3.8) is 0 Å². The molecular formula is C15H17ClIN3. The third-order valence-electron chi connectivity index (χ3n) is 4.13. The number of rotatable bonds is 2. The third kappa shape index (κ3) is 2.61. The summed E-state index contributed by atoms with van der Waals surface area (Å²) in [6, 6.07) is 6.00. The quantitative estimate of drug-likeness (QED) is 0.776. The van der Waals surface area contributed by atoms with E-state index in [1.807, 2.05) is 24.7 Å². The first-order valence-corrected chi connectivity index (χ1v) is 8.25. The minimum atomic E-state index is 0.185. The maximum atomic E-state index is 6.06. The first-order valence-electron chi connectivity index (χ1n) is 6.79. The van der Waals surface area contributed by atoms with Crippen molar-refractivity contribution in [3.8, 4) is 5.69 Å². The van der Waals surface area contributed by atoms with E-state index >= 15 is 0 Å². The van der Waals surface area contributed by atoms with Crippen molar-refractivity contribution in [3.05, 3.63) is 45.0 Å². The molecule has 106 valence electrons. The molecule has 2 aromatic rings. The molecule has 0 amide bonds. The van der Waals surface area contributed by atoms with Gasteiger partial charge >= 0.3 is 0 Å². The van der Waals surface area contributed by atoms with E-state index in [2.05, 4.69) is 50.4 Å². The third-order valence-corrected chi connectivity index (χ3v) is 5.23. The second-order valence-electron chi connectivity index (χ2n) is 5.56. The van der Waals surface area contributed by atoms with E-state index in [-0.39, 0.29) is 5.41 Å². The van der Waals surface area contributed by atoms with Crippen LogP contribution in [0.3, 0.4) is 0 Å². The van der Waals surface area contributed by atoms with Crippen LogP contribution in [0.1, 0.15) is 25.5 Å². The van der Waals surface area contributed by atoms with Gasteiger partial charge in [0.2, 0.25) is 0 Å². The Morgan fingerprint density at radius 2 is 2.10 bits per heavy atom. The molecule has 20 heavy (non-hydrogen) atoms. The Hall–Kier alpha value is -0.590. The summed E-state index contributed by atoms with van der Waals surface area (Å²) >= 11 is 8.39. The van der Waals surface area contributed by atoms with E-state index in [1.54, 1.807) is 0 Å². The van der Waals surface area contributed by atoms with Gasteiger partial charge in [-0.05, 0) is 66.7 Å². The monoisotopic (exact) mass is 401 g/mol. The summed E-state index contributed by atoms with van der Waals surface area (Å²) in [5.74, 6) is 0. The maximum absolute atomic E-state index is 6.06. The van der Waals surface area contributed by atoms with Gasteiger partial charge in [-0.15, -0.1) is 0 Å². The van der Waals surface area contributed by atoms with Crippen molar-refractivity contribution in [2.24, 2.45) is 0 Å². The fourth-order valence-electron chi connectivity index (χ4n) is 2.84. The fraction of sp³-hybridized carbons (Fsp3) is 0.400. The zero-order chi connectivity index (χ0) is 14.2. The molecule has 2 heterocycles. The SMILES string of the molecule is CC1(c2cncn2-c2ccc(Cl)cc2I)CCNCC1. The van der Waals surface area contributed by atoms with Gasteiger partial charge in [0.1, 0.15) is 0 Å². The minimum Gasteiger partial charge on any atom is -0.317 e. The molecule has 0 bridgehead atoms. The van der Waals surface area contributed by atoms with Crippen LogP contribution in [-0.4, -0.2) is 22.6 Å². The number of halogens is 2. The minimum absolute atomic E-state index is 0.185. The molecule has 1 aromatic heterocycles. The van der Waals surface area contributed by atoms with Gasteiger partial charge in [0.05, 0.1) is 12.0 Å². The summed E-state index contributed by atoms with van der Waals surface area (Å²) in [6.45, 7) is 4.48. The fourth-order valence-corrected chi connectivity index (χ4v) is 3.98. The van der Waals surface area contributed by atoms with Gasteiger partial charge in [-0.25, -0.2) is 4.98 Å². The number of nitrogens with zero attached hydrogens (tertiary/aromatic N) is 2. The lowest BCUT2D eigenvalue weighted by Crippen LogP contribution is -2.38. The topological polar surface area (TPSA) is 29.9 Å². The van der Waals surface area contributed by atoms with Crippen LogP contribution in [0.5, 0.6) is 0 Å². The lowest BCUT2D eigenvalue weighted by molar-refractivity contribution is 0.324. The molecule has 1 aliphatic rings. The average molecular weight is 402 g/mol. The Balaban J connectivity index is 2.05. The molecule has 3 nitrogen and oxygen atoms in total. The van der Waals surface area contributed by atoms with Gasteiger partial charge in [0, 0.05) is 25.9 Å². The standard InChI is InChI=1S/C15H17ClIN3/c1-15(4-6-18-7-5-15)14-9-19-10-20(14)13-3-2-11(16)8-12(13)17/h2-3,8-10,18H,4-7H2,1H3. The van der Waals surface area contributed by atoms with Crippen LogP contribution in [0.25, 0.3) is 5.69 Å².